The number of carbonyl (C=O) groups is 1. The predicted octanol–water partition coefficient (Wildman–Crippen LogP) is 3.55. The molecule has 5 heteroatoms. The van der Waals surface area contributed by atoms with E-state index in [0.717, 1.165) is 55.3 Å². The van der Waals surface area contributed by atoms with Crippen LogP contribution in [0.1, 0.15) is 35.2 Å². The summed E-state index contributed by atoms with van der Waals surface area (Å²) in [6, 6.07) is 12.2. The Labute approximate surface area is 160 Å². The van der Waals surface area contributed by atoms with Gasteiger partial charge in [0.25, 0.3) is 5.91 Å². The molecular formula is C21H25ClN2O2. The standard InChI is InChI=1S/C21H24N2O2.ClH/c24-21(23-14-16-6-4-12-25-16)20-10-2-8-18-17(7-1-9-19(18)20)15-5-3-11-22-13-15;/h1-2,5,7-10,16,22H,3-4,6,11-14H2,(H,23,24);1H. The molecule has 0 radical (unpaired) electrons. The lowest BCUT2D eigenvalue weighted by Crippen LogP contribution is -2.31. The number of halogens is 1. The van der Waals surface area contributed by atoms with E-state index in [9.17, 15) is 4.79 Å². The van der Waals surface area contributed by atoms with Crippen LogP contribution in [-0.2, 0) is 4.74 Å². The van der Waals surface area contributed by atoms with Crippen molar-refractivity contribution >= 4 is 34.7 Å². The third-order valence-corrected chi connectivity index (χ3v) is 5.05. The molecule has 1 fully saturated rings. The molecule has 1 atom stereocenters. The van der Waals surface area contributed by atoms with Crippen molar-refractivity contribution in [2.24, 2.45) is 0 Å². The summed E-state index contributed by atoms with van der Waals surface area (Å²) in [6.07, 6.45) is 5.62. The molecule has 1 unspecified atom stereocenters. The molecule has 1 amide bonds. The number of rotatable bonds is 4. The van der Waals surface area contributed by atoms with Gasteiger partial charge >= 0.3 is 0 Å². The minimum Gasteiger partial charge on any atom is -0.376 e. The Hall–Kier alpha value is -1.88. The second-order valence-corrected chi connectivity index (χ2v) is 6.75. The van der Waals surface area contributed by atoms with Crippen LogP contribution < -0.4 is 10.6 Å². The zero-order valence-corrected chi connectivity index (χ0v) is 15.6. The number of ether oxygens (including phenoxy) is 1. The van der Waals surface area contributed by atoms with E-state index in [4.69, 9.17) is 4.74 Å². The Bertz CT molecular complexity index is 813. The van der Waals surface area contributed by atoms with Crippen molar-refractivity contribution in [3.05, 3.63) is 53.6 Å². The summed E-state index contributed by atoms with van der Waals surface area (Å²) >= 11 is 0. The van der Waals surface area contributed by atoms with Crippen LogP contribution >= 0.6 is 12.4 Å². The molecule has 0 saturated carbocycles. The Morgan fingerprint density at radius 1 is 1.19 bits per heavy atom. The zero-order chi connectivity index (χ0) is 17.1. The normalized spacial score (nSPS) is 19.7. The van der Waals surface area contributed by atoms with Crippen LogP contribution in [0.25, 0.3) is 16.3 Å². The minimum atomic E-state index is -0.0194. The van der Waals surface area contributed by atoms with Crippen molar-refractivity contribution in [1.29, 1.82) is 0 Å². The number of carbonyl (C=O) groups excluding carboxylic acids is 1. The maximum atomic E-state index is 12.7. The average Bonchev–Trinajstić information content (AvgIpc) is 3.19. The SMILES string of the molecule is Cl.O=C(NCC1CCCO1)c1cccc2c(C3=CCCNC3)cccc12. The number of amides is 1. The first-order valence-corrected chi connectivity index (χ1v) is 9.14. The van der Waals surface area contributed by atoms with Crippen LogP contribution in [0.3, 0.4) is 0 Å². The number of hydrogen-bond acceptors (Lipinski definition) is 3. The van der Waals surface area contributed by atoms with Crippen LogP contribution in [0.4, 0.5) is 0 Å². The fourth-order valence-corrected chi connectivity index (χ4v) is 3.74. The van der Waals surface area contributed by atoms with Crippen LogP contribution in [0.5, 0.6) is 0 Å². The topological polar surface area (TPSA) is 50.4 Å². The Kier molecular flexibility index (Phi) is 6.30. The molecule has 0 bridgehead atoms. The van der Waals surface area contributed by atoms with Crippen LogP contribution in [0.2, 0.25) is 0 Å². The third kappa shape index (κ3) is 3.93. The summed E-state index contributed by atoms with van der Waals surface area (Å²) in [6.45, 7) is 3.31. The average molecular weight is 373 g/mol. The van der Waals surface area contributed by atoms with Crippen molar-refractivity contribution in [2.45, 2.75) is 25.4 Å². The monoisotopic (exact) mass is 372 g/mol. The van der Waals surface area contributed by atoms with E-state index in [1.807, 2.05) is 24.3 Å². The van der Waals surface area contributed by atoms with E-state index < -0.39 is 0 Å². The zero-order valence-electron chi connectivity index (χ0n) is 14.8. The van der Waals surface area contributed by atoms with Gasteiger partial charge in [-0.3, -0.25) is 4.79 Å². The molecule has 26 heavy (non-hydrogen) atoms. The van der Waals surface area contributed by atoms with E-state index in [2.05, 4.69) is 28.8 Å². The highest BCUT2D eigenvalue weighted by Gasteiger charge is 2.18. The maximum Gasteiger partial charge on any atom is 0.252 e. The molecular weight excluding hydrogens is 348 g/mol. The minimum absolute atomic E-state index is 0. The van der Waals surface area contributed by atoms with Crippen molar-refractivity contribution in [1.82, 2.24) is 10.6 Å². The maximum absolute atomic E-state index is 12.7. The summed E-state index contributed by atoms with van der Waals surface area (Å²) in [4.78, 5) is 12.7. The van der Waals surface area contributed by atoms with Gasteiger partial charge in [-0.15, -0.1) is 12.4 Å². The first-order chi connectivity index (χ1) is 12.3. The van der Waals surface area contributed by atoms with Gasteiger partial charge < -0.3 is 15.4 Å². The molecule has 2 aromatic carbocycles. The van der Waals surface area contributed by atoms with E-state index in [0.29, 0.717) is 6.54 Å². The van der Waals surface area contributed by atoms with Gasteiger partial charge in [0.2, 0.25) is 0 Å². The molecule has 0 aromatic heterocycles. The Morgan fingerprint density at radius 2 is 2.04 bits per heavy atom. The van der Waals surface area contributed by atoms with E-state index in [1.165, 1.54) is 11.1 Å². The first-order valence-electron chi connectivity index (χ1n) is 9.14. The van der Waals surface area contributed by atoms with Crippen molar-refractivity contribution in [3.63, 3.8) is 0 Å². The van der Waals surface area contributed by atoms with Crippen molar-refractivity contribution in [3.8, 4) is 0 Å². The second-order valence-electron chi connectivity index (χ2n) is 6.75. The molecule has 4 rings (SSSR count). The second kappa shape index (κ2) is 8.67. The van der Waals surface area contributed by atoms with Gasteiger partial charge in [0.15, 0.2) is 0 Å². The van der Waals surface area contributed by atoms with Gasteiger partial charge in [0, 0.05) is 25.3 Å². The fraction of sp³-hybridized carbons (Fsp3) is 0.381. The van der Waals surface area contributed by atoms with Crippen molar-refractivity contribution < 1.29 is 9.53 Å². The first kappa shape index (κ1) is 18.9. The lowest BCUT2D eigenvalue weighted by atomic mass is 9.93. The summed E-state index contributed by atoms with van der Waals surface area (Å²) in [5.74, 6) is -0.0194. The van der Waals surface area contributed by atoms with Gasteiger partial charge in [0.1, 0.15) is 0 Å². The van der Waals surface area contributed by atoms with Gasteiger partial charge in [0.05, 0.1) is 6.10 Å². The lowest BCUT2D eigenvalue weighted by Gasteiger charge is -2.17. The van der Waals surface area contributed by atoms with Gasteiger partial charge in [-0.25, -0.2) is 0 Å². The van der Waals surface area contributed by atoms with Crippen LogP contribution in [0, 0.1) is 0 Å². The molecule has 138 valence electrons. The smallest absolute Gasteiger partial charge is 0.252 e. The van der Waals surface area contributed by atoms with E-state index >= 15 is 0 Å². The molecule has 1 saturated heterocycles. The van der Waals surface area contributed by atoms with Gasteiger partial charge in [-0.2, -0.15) is 0 Å². The highest BCUT2D eigenvalue weighted by molar-refractivity contribution is 6.09. The predicted molar refractivity (Wildman–Crippen MR) is 108 cm³/mol. The van der Waals surface area contributed by atoms with Crippen molar-refractivity contribution in [2.75, 3.05) is 26.2 Å². The Balaban J connectivity index is 0.00000196. The number of benzene rings is 2. The fourth-order valence-electron chi connectivity index (χ4n) is 3.74. The lowest BCUT2D eigenvalue weighted by molar-refractivity contribution is 0.0859. The van der Waals surface area contributed by atoms with Gasteiger partial charge in [-0.05, 0) is 53.8 Å². The summed E-state index contributed by atoms with van der Waals surface area (Å²) < 4.78 is 5.60. The molecule has 2 N–H and O–H groups in total. The number of hydrogen-bond donors (Lipinski definition) is 2. The molecule has 4 nitrogen and oxygen atoms in total. The summed E-state index contributed by atoms with van der Waals surface area (Å²) in [5.41, 5.74) is 3.27. The van der Waals surface area contributed by atoms with E-state index in [1.54, 1.807) is 0 Å². The van der Waals surface area contributed by atoms with Crippen LogP contribution in [-0.4, -0.2) is 38.3 Å². The van der Waals surface area contributed by atoms with E-state index in [-0.39, 0.29) is 24.4 Å². The summed E-state index contributed by atoms with van der Waals surface area (Å²) in [5, 5.41) is 8.62. The largest absolute Gasteiger partial charge is 0.376 e. The molecule has 2 aromatic rings. The molecule has 2 aliphatic rings. The third-order valence-electron chi connectivity index (χ3n) is 5.05. The molecule has 0 aliphatic carbocycles. The quantitative estimate of drug-likeness (QED) is 0.863. The molecule has 2 aliphatic heterocycles. The molecule has 2 heterocycles. The number of fused-ring (bicyclic) bond motifs is 1. The van der Waals surface area contributed by atoms with Crippen LogP contribution in [0.15, 0.2) is 42.5 Å². The summed E-state index contributed by atoms with van der Waals surface area (Å²) in [7, 11) is 0. The number of nitrogens with one attached hydrogen (secondary N) is 2. The highest BCUT2D eigenvalue weighted by Crippen LogP contribution is 2.28. The molecule has 0 spiro atoms. The Morgan fingerprint density at radius 3 is 2.81 bits per heavy atom. The highest BCUT2D eigenvalue weighted by atomic mass is 35.5. The van der Waals surface area contributed by atoms with Gasteiger partial charge in [-0.1, -0.05) is 36.4 Å².